The maximum atomic E-state index is 12.5. The quantitative estimate of drug-likeness (QED) is 0.373. The van der Waals surface area contributed by atoms with E-state index in [0.29, 0.717) is 23.1 Å². The van der Waals surface area contributed by atoms with Gasteiger partial charge in [0, 0.05) is 23.9 Å². The van der Waals surface area contributed by atoms with Crippen LogP contribution in [-0.2, 0) is 22.4 Å². The highest BCUT2D eigenvalue weighted by atomic mass is 32.2. The summed E-state index contributed by atoms with van der Waals surface area (Å²) in [6.45, 7) is 4.01. The third-order valence-corrected chi connectivity index (χ3v) is 8.86. The first-order valence-electron chi connectivity index (χ1n) is 12.8. The minimum atomic E-state index is -0.0877. The number of rotatable bonds is 7. The van der Waals surface area contributed by atoms with E-state index in [4.69, 9.17) is 0 Å². The Morgan fingerprint density at radius 3 is 2.29 bits per heavy atom. The number of benzene rings is 2. The van der Waals surface area contributed by atoms with Crippen LogP contribution in [0.2, 0.25) is 0 Å². The van der Waals surface area contributed by atoms with E-state index in [0.717, 1.165) is 52.9 Å². The van der Waals surface area contributed by atoms with Crippen molar-refractivity contribution in [2.75, 3.05) is 5.32 Å². The van der Waals surface area contributed by atoms with E-state index in [2.05, 4.69) is 31.5 Å². The number of hydrogen-bond donors (Lipinski definition) is 3. The number of hydrogen-bond acceptors (Lipinski definition) is 9. The summed E-state index contributed by atoms with van der Waals surface area (Å²) in [7, 11) is 0. The van der Waals surface area contributed by atoms with E-state index >= 15 is 0 Å². The third-order valence-electron chi connectivity index (χ3n) is 6.92. The Morgan fingerprint density at radius 2 is 1.61 bits per heavy atom. The molecule has 198 valence electrons. The molecule has 0 spiro atoms. The van der Waals surface area contributed by atoms with Crippen LogP contribution in [-0.4, -0.2) is 37.6 Å². The zero-order valence-electron chi connectivity index (χ0n) is 21.4. The van der Waals surface area contributed by atoms with Gasteiger partial charge in [-0.15, -0.1) is 19.7 Å². The fourth-order valence-corrected chi connectivity index (χ4v) is 6.53. The number of anilines is 1. The number of nitrogens with zero attached hydrogens (tertiary/aromatic N) is 4. The van der Waals surface area contributed by atoms with Gasteiger partial charge in [0.25, 0.3) is 0 Å². The minimum Gasteiger partial charge on any atom is -0.302 e. The SMILES string of the molecule is Cc1ccccc1CC(=O)NC1=NNN([C@H]2CCCC(c3nnc(NC(=O)Cc4ccccc4C)s3)C2)S1. The molecule has 2 aliphatic rings. The molecule has 0 saturated heterocycles. The second-order valence-corrected chi connectivity index (χ2v) is 11.7. The highest BCUT2D eigenvalue weighted by Crippen LogP contribution is 2.39. The number of carbonyl (C=O) groups excluding carboxylic acids is 2. The summed E-state index contributed by atoms with van der Waals surface area (Å²) in [5.74, 6) is 0.0901. The largest absolute Gasteiger partial charge is 0.302 e. The molecular weight excluding hydrogens is 518 g/mol. The topological polar surface area (TPSA) is 112 Å². The van der Waals surface area contributed by atoms with Gasteiger partial charge in [-0.1, -0.05) is 66.3 Å². The lowest BCUT2D eigenvalue weighted by atomic mass is 9.86. The lowest BCUT2D eigenvalue weighted by Crippen LogP contribution is -2.38. The smallest absolute Gasteiger partial charge is 0.230 e. The molecule has 9 nitrogen and oxygen atoms in total. The van der Waals surface area contributed by atoms with Gasteiger partial charge in [-0.05, 0) is 55.4 Å². The molecule has 1 unspecified atom stereocenters. The van der Waals surface area contributed by atoms with Gasteiger partial charge in [0.1, 0.15) is 5.01 Å². The normalized spacial score (nSPS) is 19.5. The molecule has 11 heteroatoms. The van der Waals surface area contributed by atoms with Gasteiger partial charge in [-0.25, -0.2) is 5.53 Å². The Morgan fingerprint density at radius 1 is 0.947 bits per heavy atom. The van der Waals surface area contributed by atoms with Crippen molar-refractivity contribution in [2.24, 2.45) is 5.10 Å². The van der Waals surface area contributed by atoms with Crippen LogP contribution in [0.3, 0.4) is 0 Å². The van der Waals surface area contributed by atoms with Gasteiger partial charge in [-0.3, -0.25) is 9.59 Å². The summed E-state index contributed by atoms with van der Waals surface area (Å²) in [6, 6.07) is 16.0. The summed E-state index contributed by atoms with van der Waals surface area (Å²) in [5.41, 5.74) is 7.28. The van der Waals surface area contributed by atoms with Gasteiger partial charge in [0.15, 0.2) is 0 Å². The molecule has 5 rings (SSSR count). The van der Waals surface area contributed by atoms with Gasteiger partial charge in [0.2, 0.25) is 22.1 Å². The average Bonchev–Trinajstić information content (AvgIpc) is 3.57. The minimum absolute atomic E-state index is 0.0819. The van der Waals surface area contributed by atoms with Crippen molar-refractivity contribution in [3.05, 3.63) is 75.8 Å². The number of aromatic nitrogens is 2. The molecule has 1 aromatic heterocycles. The van der Waals surface area contributed by atoms with Crippen LogP contribution in [0.5, 0.6) is 0 Å². The molecule has 0 radical (unpaired) electrons. The molecule has 2 heterocycles. The van der Waals surface area contributed by atoms with Crippen LogP contribution >= 0.6 is 23.3 Å². The number of nitrogens with one attached hydrogen (secondary N) is 3. The van der Waals surface area contributed by atoms with Crippen LogP contribution in [0.15, 0.2) is 53.6 Å². The zero-order valence-corrected chi connectivity index (χ0v) is 23.1. The zero-order chi connectivity index (χ0) is 26.5. The number of hydrazine groups is 1. The first-order chi connectivity index (χ1) is 18.4. The molecule has 1 fully saturated rings. The number of amides is 2. The molecular formula is C27H31N7O2S2. The predicted molar refractivity (Wildman–Crippen MR) is 151 cm³/mol. The van der Waals surface area contributed by atoms with Crippen molar-refractivity contribution in [2.45, 2.75) is 64.3 Å². The summed E-state index contributed by atoms with van der Waals surface area (Å²) in [5, 5.41) is 20.8. The number of hydrazone groups is 1. The van der Waals surface area contributed by atoms with Crippen molar-refractivity contribution in [1.29, 1.82) is 0 Å². The molecule has 3 aromatic rings. The molecule has 2 amide bonds. The summed E-state index contributed by atoms with van der Waals surface area (Å²) in [6.07, 6.45) is 4.63. The fourth-order valence-electron chi connectivity index (χ4n) is 4.78. The standard InChI is InChI=1S/C27H31N7O2S2/c1-17-8-3-5-10-19(17)15-23(35)28-26-31-30-25(37-26)21-12-7-13-22(14-21)34-33-32-27(38-34)29-24(36)16-20-11-6-4-9-18(20)2/h3-6,8-11,21-22,33H,7,12-16H2,1-2H3,(H,28,31,35)(H,29,32,36)/t21?,22-/m0/s1. The van der Waals surface area contributed by atoms with Crippen molar-refractivity contribution in [1.82, 2.24) is 25.5 Å². The number of amidine groups is 1. The van der Waals surface area contributed by atoms with Crippen molar-refractivity contribution in [3.8, 4) is 0 Å². The van der Waals surface area contributed by atoms with Gasteiger partial charge in [-0.2, -0.15) is 0 Å². The molecule has 3 N–H and O–H groups in total. The maximum absolute atomic E-state index is 12.5. The molecule has 1 saturated carbocycles. The van der Waals surface area contributed by atoms with Crippen molar-refractivity contribution < 1.29 is 9.59 Å². The Balaban J connectivity index is 1.11. The van der Waals surface area contributed by atoms with Crippen LogP contribution in [0.25, 0.3) is 0 Å². The van der Waals surface area contributed by atoms with Crippen LogP contribution in [0.1, 0.15) is 58.9 Å². The highest BCUT2D eigenvalue weighted by Gasteiger charge is 2.33. The summed E-state index contributed by atoms with van der Waals surface area (Å²) >= 11 is 2.88. The first-order valence-corrected chi connectivity index (χ1v) is 14.4. The summed E-state index contributed by atoms with van der Waals surface area (Å²) < 4.78 is 2.02. The fraction of sp³-hybridized carbons (Fsp3) is 0.370. The highest BCUT2D eigenvalue weighted by molar-refractivity contribution is 8.12. The van der Waals surface area contributed by atoms with E-state index in [-0.39, 0.29) is 23.8 Å². The second-order valence-electron chi connectivity index (χ2n) is 9.70. The van der Waals surface area contributed by atoms with Crippen LogP contribution in [0, 0.1) is 13.8 Å². The third kappa shape index (κ3) is 6.58. The maximum Gasteiger partial charge on any atom is 0.230 e. The van der Waals surface area contributed by atoms with Crippen molar-refractivity contribution >= 4 is 45.4 Å². The lowest BCUT2D eigenvalue weighted by Gasteiger charge is -2.32. The Bertz CT molecular complexity index is 1340. The average molecular weight is 550 g/mol. The molecule has 38 heavy (non-hydrogen) atoms. The molecule has 1 aliphatic heterocycles. The molecule has 1 aliphatic carbocycles. The number of aryl methyl sites for hydroxylation is 2. The molecule has 2 atom stereocenters. The molecule has 0 bridgehead atoms. The Hall–Kier alpha value is -3.28. The van der Waals surface area contributed by atoms with Gasteiger partial charge < -0.3 is 10.6 Å². The second kappa shape index (κ2) is 12.1. The monoisotopic (exact) mass is 549 g/mol. The summed E-state index contributed by atoms with van der Waals surface area (Å²) in [4.78, 5) is 25.1. The van der Waals surface area contributed by atoms with E-state index in [1.807, 2.05) is 66.8 Å². The Kier molecular flexibility index (Phi) is 8.35. The van der Waals surface area contributed by atoms with Crippen molar-refractivity contribution in [3.63, 3.8) is 0 Å². The van der Waals surface area contributed by atoms with E-state index in [9.17, 15) is 9.59 Å². The van der Waals surface area contributed by atoms with E-state index in [1.54, 1.807) is 0 Å². The molecule has 2 aromatic carbocycles. The van der Waals surface area contributed by atoms with E-state index in [1.165, 1.54) is 23.3 Å². The first kappa shape index (κ1) is 26.3. The lowest BCUT2D eigenvalue weighted by molar-refractivity contribution is -0.119. The Labute approximate surface area is 230 Å². The van der Waals surface area contributed by atoms with E-state index < -0.39 is 0 Å². The number of carbonyl (C=O) groups is 2. The van der Waals surface area contributed by atoms with Gasteiger partial charge >= 0.3 is 0 Å². The van der Waals surface area contributed by atoms with Crippen LogP contribution < -0.4 is 16.2 Å². The van der Waals surface area contributed by atoms with Crippen LogP contribution in [0.4, 0.5) is 5.13 Å². The predicted octanol–water partition coefficient (Wildman–Crippen LogP) is 4.46. The van der Waals surface area contributed by atoms with Gasteiger partial charge in [0.05, 0.1) is 12.8 Å².